The van der Waals surface area contributed by atoms with E-state index in [2.05, 4.69) is 4.98 Å². The first-order valence-electron chi connectivity index (χ1n) is 6.32. The molecule has 3 aromatic rings. The van der Waals surface area contributed by atoms with E-state index in [9.17, 15) is 8.78 Å². The standard InChI is InChI=1S/C16H12F2N2S/c1-9-5-6-10(7-13(9)19)14-8-21-16(20-14)15-11(17)3-2-4-12(15)18/h2-8H,19H2,1H3. The third-order valence-electron chi connectivity index (χ3n) is 3.26. The maximum atomic E-state index is 13.8. The van der Waals surface area contributed by atoms with Crippen molar-refractivity contribution < 1.29 is 8.78 Å². The predicted octanol–water partition coefficient (Wildman–Crippen LogP) is 4.65. The molecule has 0 aliphatic heterocycles. The van der Waals surface area contributed by atoms with Crippen LogP contribution in [0.3, 0.4) is 0 Å². The monoisotopic (exact) mass is 302 g/mol. The zero-order valence-electron chi connectivity index (χ0n) is 11.2. The van der Waals surface area contributed by atoms with Gasteiger partial charge in [-0.2, -0.15) is 0 Å². The molecule has 0 atom stereocenters. The van der Waals surface area contributed by atoms with Gasteiger partial charge in [0.25, 0.3) is 0 Å². The van der Waals surface area contributed by atoms with Crippen LogP contribution in [0.2, 0.25) is 0 Å². The van der Waals surface area contributed by atoms with Crippen LogP contribution in [-0.4, -0.2) is 4.98 Å². The molecular weight excluding hydrogens is 290 g/mol. The highest BCUT2D eigenvalue weighted by Gasteiger charge is 2.15. The first-order chi connectivity index (χ1) is 10.1. The lowest BCUT2D eigenvalue weighted by Crippen LogP contribution is -1.91. The van der Waals surface area contributed by atoms with E-state index in [1.54, 1.807) is 5.38 Å². The largest absolute Gasteiger partial charge is 0.398 e. The number of halogens is 2. The van der Waals surface area contributed by atoms with Crippen molar-refractivity contribution >= 4 is 17.0 Å². The molecule has 0 saturated heterocycles. The molecule has 2 aromatic carbocycles. The number of aromatic nitrogens is 1. The summed E-state index contributed by atoms with van der Waals surface area (Å²) < 4.78 is 27.5. The van der Waals surface area contributed by atoms with Gasteiger partial charge in [0, 0.05) is 16.6 Å². The van der Waals surface area contributed by atoms with Gasteiger partial charge >= 0.3 is 0 Å². The molecule has 106 valence electrons. The van der Waals surface area contributed by atoms with Gasteiger partial charge in [0.1, 0.15) is 16.6 Å². The Bertz CT molecular complexity index is 792. The van der Waals surface area contributed by atoms with Crippen LogP contribution >= 0.6 is 11.3 Å². The second-order valence-electron chi connectivity index (χ2n) is 4.71. The first kappa shape index (κ1) is 13.7. The van der Waals surface area contributed by atoms with Crippen LogP contribution in [0.4, 0.5) is 14.5 Å². The van der Waals surface area contributed by atoms with Gasteiger partial charge in [-0.25, -0.2) is 13.8 Å². The molecule has 0 aliphatic rings. The number of benzene rings is 2. The minimum absolute atomic E-state index is 0.0890. The SMILES string of the molecule is Cc1ccc(-c2csc(-c3c(F)cccc3F)n2)cc1N. The summed E-state index contributed by atoms with van der Waals surface area (Å²) in [6.45, 7) is 1.92. The van der Waals surface area contributed by atoms with Crippen LogP contribution in [0.5, 0.6) is 0 Å². The fraction of sp³-hybridized carbons (Fsp3) is 0.0625. The van der Waals surface area contributed by atoms with Crippen molar-refractivity contribution in [3.63, 3.8) is 0 Å². The maximum Gasteiger partial charge on any atom is 0.136 e. The van der Waals surface area contributed by atoms with Gasteiger partial charge in [-0.05, 0) is 30.7 Å². The van der Waals surface area contributed by atoms with E-state index in [1.165, 1.54) is 29.5 Å². The second kappa shape index (κ2) is 5.26. The average molecular weight is 302 g/mol. The van der Waals surface area contributed by atoms with E-state index in [0.717, 1.165) is 11.1 Å². The Morgan fingerprint density at radius 2 is 1.81 bits per heavy atom. The summed E-state index contributed by atoms with van der Waals surface area (Å²) in [4.78, 5) is 4.33. The summed E-state index contributed by atoms with van der Waals surface area (Å²) in [6, 6.07) is 9.39. The molecule has 5 heteroatoms. The van der Waals surface area contributed by atoms with Crippen LogP contribution in [0.1, 0.15) is 5.56 Å². The molecule has 2 N–H and O–H groups in total. The quantitative estimate of drug-likeness (QED) is 0.700. The number of thiazole rings is 1. The Kier molecular flexibility index (Phi) is 3.43. The van der Waals surface area contributed by atoms with Crippen molar-refractivity contribution in [2.24, 2.45) is 0 Å². The normalized spacial score (nSPS) is 10.8. The van der Waals surface area contributed by atoms with Crippen molar-refractivity contribution in [2.75, 3.05) is 5.73 Å². The highest BCUT2D eigenvalue weighted by atomic mass is 32.1. The smallest absolute Gasteiger partial charge is 0.136 e. The molecule has 0 bridgehead atoms. The van der Waals surface area contributed by atoms with Crippen LogP contribution < -0.4 is 5.73 Å². The number of nitrogens with zero attached hydrogens (tertiary/aromatic N) is 1. The number of nitrogen functional groups attached to an aromatic ring is 1. The Hall–Kier alpha value is -2.27. The van der Waals surface area contributed by atoms with Crippen LogP contribution in [0.15, 0.2) is 41.8 Å². The summed E-state index contributed by atoms with van der Waals surface area (Å²) in [5.74, 6) is -1.22. The van der Waals surface area contributed by atoms with Gasteiger partial charge in [0.15, 0.2) is 0 Å². The van der Waals surface area contributed by atoms with Crippen molar-refractivity contribution in [1.29, 1.82) is 0 Å². The molecule has 0 spiro atoms. The number of hydrogen-bond acceptors (Lipinski definition) is 3. The number of nitrogens with two attached hydrogens (primary N) is 1. The van der Waals surface area contributed by atoms with Gasteiger partial charge in [-0.3, -0.25) is 0 Å². The molecule has 0 unspecified atom stereocenters. The molecule has 0 saturated carbocycles. The van der Waals surface area contributed by atoms with Crippen molar-refractivity contribution in [1.82, 2.24) is 4.98 Å². The third-order valence-corrected chi connectivity index (χ3v) is 4.12. The molecule has 0 fully saturated rings. The lowest BCUT2D eigenvalue weighted by atomic mass is 10.1. The Morgan fingerprint density at radius 1 is 1.10 bits per heavy atom. The predicted molar refractivity (Wildman–Crippen MR) is 82.1 cm³/mol. The minimum atomic E-state index is -0.612. The Balaban J connectivity index is 2.06. The number of hydrogen-bond donors (Lipinski definition) is 1. The summed E-state index contributed by atoms with van der Waals surface area (Å²) in [6.07, 6.45) is 0. The minimum Gasteiger partial charge on any atom is -0.398 e. The lowest BCUT2D eigenvalue weighted by molar-refractivity contribution is 0.589. The lowest BCUT2D eigenvalue weighted by Gasteiger charge is -2.03. The highest BCUT2D eigenvalue weighted by Crippen LogP contribution is 2.32. The zero-order valence-corrected chi connectivity index (χ0v) is 12.0. The van der Waals surface area contributed by atoms with Gasteiger partial charge < -0.3 is 5.73 Å². The molecule has 0 amide bonds. The zero-order chi connectivity index (χ0) is 15.0. The average Bonchev–Trinajstić information content (AvgIpc) is 2.91. The van der Waals surface area contributed by atoms with E-state index in [-0.39, 0.29) is 5.56 Å². The molecule has 3 rings (SSSR count). The van der Waals surface area contributed by atoms with Crippen LogP contribution in [-0.2, 0) is 0 Å². The molecule has 0 radical (unpaired) electrons. The highest BCUT2D eigenvalue weighted by molar-refractivity contribution is 7.13. The van der Waals surface area contributed by atoms with E-state index in [4.69, 9.17) is 5.73 Å². The summed E-state index contributed by atoms with van der Waals surface area (Å²) in [7, 11) is 0. The molecule has 0 aliphatic carbocycles. The fourth-order valence-electron chi connectivity index (χ4n) is 2.02. The van der Waals surface area contributed by atoms with E-state index >= 15 is 0 Å². The Morgan fingerprint density at radius 3 is 2.48 bits per heavy atom. The molecule has 2 nitrogen and oxygen atoms in total. The third kappa shape index (κ3) is 2.52. The molecule has 1 heterocycles. The van der Waals surface area contributed by atoms with E-state index in [1.807, 2.05) is 25.1 Å². The van der Waals surface area contributed by atoms with E-state index in [0.29, 0.717) is 16.4 Å². The molecular formula is C16H12F2N2S. The summed E-state index contributed by atoms with van der Waals surface area (Å²) >= 11 is 1.20. The second-order valence-corrected chi connectivity index (χ2v) is 5.56. The van der Waals surface area contributed by atoms with Crippen molar-refractivity contribution in [3.8, 4) is 21.8 Å². The molecule has 1 aromatic heterocycles. The molecule has 21 heavy (non-hydrogen) atoms. The Labute approximate surface area is 124 Å². The number of anilines is 1. The maximum absolute atomic E-state index is 13.8. The van der Waals surface area contributed by atoms with Crippen molar-refractivity contribution in [2.45, 2.75) is 6.92 Å². The van der Waals surface area contributed by atoms with Gasteiger partial charge in [-0.1, -0.05) is 18.2 Å². The first-order valence-corrected chi connectivity index (χ1v) is 7.20. The van der Waals surface area contributed by atoms with Crippen LogP contribution in [0, 0.1) is 18.6 Å². The number of aryl methyl sites for hydroxylation is 1. The van der Waals surface area contributed by atoms with Gasteiger partial charge in [0.05, 0.1) is 11.3 Å². The van der Waals surface area contributed by atoms with Gasteiger partial charge in [-0.15, -0.1) is 11.3 Å². The van der Waals surface area contributed by atoms with Crippen molar-refractivity contribution in [3.05, 3.63) is 59.0 Å². The summed E-state index contributed by atoms with van der Waals surface area (Å²) in [5, 5.41) is 2.09. The fourth-order valence-corrected chi connectivity index (χ4v) is 2.90. The number of rotatable bonds is 2. The van der Waals surface area contributed by atoms with Gasteiger partial charge in [0.2, 0.25) is 0 Å². The van der Waals surface area contributed by atoms with E-state index < -0.39 is 11.6 Å². The van der Waals surface area contributed by atoms with Crippen LogP contribution in [0.25, 0.3) is 21.8 Å². The topological polar surface area (TPSA) is 38.9 Å². The summed E-state index contributed by atoms with van der Waals surface area (Å²) in [5.41, 5.74) is 8.93.